The second-order valence-corrected chi connectivity index (χ2v) is 18.3. The zero-order valence-corrected chi connectivity index (χ0v) is 42.5. The Morgan fingerprint density at radius 2 is 0.886 bits per heavy atom. The van der Waals surface area contributed by atoms with Crippen LogP contribution in [0.3, 0.4) is 0 Å². The minimum Gasteiger partial charge on any atom is -0.462 e. The first-order valence-corrected chi connectivity index (χ1v) is 26.5. The first kappa shape index (κ1) is 63.1. The summed E-state index contributed by atoms with van der Waals surface area (Å²) in [6.45, 7) is 2.46. The lowest BCUT2D eigenvalue weighted by atomic mass is 9.98. The van der Waals surface area contributed by atoms with Crippen LogP contribution in [0, 0.1) is 0 Å². The summed E-state index contributed by atoms with van der Waals surface area (Å²) in [6.07, 6.45) is 32.3. The molecule has 0 saturated carbocycles. The minimum atomic E-state index is -1.78. The van der Waals surface area contributed by atoms with Gasteiger partial charge in [-0.25, -0.2) is 0 Å². The number of carbonyl (C=O) groups is 2. The number of hydrogen-bond donors (Lipinski definition) is 7. The minimum absolute atomic E-state index is 0.0513. The zero-order valence-electron chi connectivity index (χ0n) is 42.5. The van der Waals surface area contributed by atoms with Gasteiger partial charge in [0, 0.05) is 12.8 Å². The lowest BCUT2D eigenvalue weighted by Crippen LogP contribution is -2.61. The van der Waals surface area contributed by atoms with Crippen molar-refractivity contribution in [3.8, 4) is 0 Å². The Kier molecular flexibility index (Phi) is 37.3. The van der Waals surface area contributed by atoms with Gasteiger partial charge in [0.1, 0.15) is 55.4 Å². The summed E-state index contributed by atoms with van der Waals surface area (Å²) in [7, 11) is 0. The van der Waals surface area contributed by atoms with Gasteiger partial charge in [0.05, 0.1) is 19.8 Å². The molecule has 2 fully saturated rings. The lowest BCUT2D eigenvalue weighted by Gasteiger charge is -2.42. The van der Waals surface area contributed by atoms with Crippen molar-refractivity contribution >= 4 is 11.9 Å². The van der Waals surface area contributed by atoms with Crippen molar-refractivity contribution in [2.24, 2.45) is 0 Å². The third-order valence-electron chi connectivity index (χ3n) is 12.2. The van der Waals surface area contributed by atoms with Gasteiger partial charge in [-0.1, -0.05) is 151 Å². The van der Waals surface area contributed by atoms with Crippen molar-refractivity contribution in [2.75, 3.05) is 26.4 Å². The maximum Gasteiger partial charge on any atom is 0.306 e. The van der Waals surface area contributed by atoms with Crippen LogP contribution < -0.4 is 0 Å². The topological polar surface area (TPSA) is 231 Å². The lowest BCUT2D eigenvalue weighted by molar-refractivity contribution is -0.332. The molecule has 0 aromatic heterocycles. The van der Waals surface area contributed by atoms with Crippen LogP contribution in [-0.2, 0) is 38.0 Å². The van der Waals surface area contributed by atoms with Crippen LogP contribution in [-0.4, -0.2) is 142 Å². The van der Waals surface area contributed by atoms with Gasteiger partial charge in [-0.15, -0.1) is 0 Å². The molecule has 0 bridgehead atoms. The summed E-state index contributed by atoms with van der Waals surface area (Å²) in [4.78, 5) is 25.7. The van der Waals surface area contributed by atoms with E-state index in [-0.39, 0.29) is 19.4 Å². The predicted octanol–water partition coefficient (Wildman–Crippen LogP) is 7.82. The van der Waals surface area contributed by atoms with E-state index < -0.39 is 99.3 Å². The van der Waals surface area contributed by atoms with Gasteiger partial charge in [-0.05, 0) is 77.0 Å². The van der Waals surface area contributed by atoms with Gasteiger partial charge in [0.25, 0.3) is 0 Å². The molecule has 0 aromatic rings. The number of aliphatic hydroxyl groups excluding tert-OH is 7. The van der Waals surface area contributed by atoms with Gasteiger partial charge in [-0.2, -0.15) is 0 Å². The third-order valence-corrected chi connectivity index (χ3v) is 12.2. The summed E-state index contributed by atoms with van der Waals surface area (Å²) in [5.41, 5.74) is 0. The highest BCUT2D eigenvalue weighted by atomic mass is 16.7. The Balaban J connectivity index is 1.81. The molecule has 15 heteroatoms. The first-order valence-electron chi connectivity index (χ1n) is 26.5. The van der Waals surface area contributed by atoms with Gasteiger partial charge in [-0.3, -0.25) is 9.59 Å². The normalized spacial score (nSPS) is 26.0. The van der Waals surface area contributed by atoms with E-state index in [0.29, 0.717) is 12.8 Å². The van der Waals surface area contributed by atoms with E-state index in [1.165, 1.54) is 64.2 Å². The van der Waals surface area contributed by atoms with Crippen molar-refractivity contribution in [2.45, 2.75) is 235 Å². The van der Waals surface area contributed by atoms with Gasteiger partial charge >= 0.3 is 11.9 Å². The van der Waals surface area contributed by atoms with E-state index in [1.807, 2.05) is 12.2 Å². The maximum atomic E-state index is 13.0. The number of unbranched alkanes of at least 4 members (excludes halogenated alkanes) is 14. The third kappa shape index (κ3) is 28.8. The second kappa shape index (κ2) is 41.4. The molecule has 2 rings (SSSR count). The zero-order chi connectivity index (χ0) is 51.0. The molecular weight excluding hydrogens is 901 g/mol. The molecule has 0 aliphatic carbocycles. The Bertz CT molecular complexity index is 1490. The van der Waals surface area contributed by atoms with E-state index in [1.54, 1.807) is 0 Å². The summed E-state index contributed by atoms with van der Waals surface area (Å²) in [5.74, 6) is -1.03. The fourth-order valence-corrected chi connectivity index (χ4v) is 7.78. The molecule has 2 aliphatic rings. The van der Waals surface area contributed by atoms with Crippen LogP contribution in [0.5, 0.6) is 0 Å². The molecule has 402 valence electrons. The quantitative estimate of drug-likeness (QED) is 0.0176. The van der Waals surface area contributed by atoms with E-state index in [0.717, 1.165) is 64.2 Å². The molecule has 0 spiro atoms. The SMILES string of the molecule is CCCCC/C=C/C/C=C/C/C=C/C/C=C/CCCCCCCC(=O)OCC(CO[C@@H]1O[C@H](CO[C@@H]2O[C@H](CO)[C@H](O)C(O)C2O)[C@H](O)C(O)C1O)OC(=O)CC/C=C/C/C=C/CCCCCCCC. The van der Waals surface area contributed by atoms with Gasteiger partial charge in [0.2, 0.25) is 0 Å². The molecule has 2 aliphatic heterocycles. The number of esters is 2. The monoisotopic (exact) mass is 993 g/mol. The molecule has 0 radical (unpaired) electrons. The number of carbonyl (C=O) groups excluding carboxylic acids is 2. The number of hydrogen-bond acceptors (Lipinski definition) is 15. The van der Waals surface area contributed by atoms with E-state index in [4.69, 9.17) is 28.4 Å². The van der Waals surface area contributed by atoms with Crippen LogP contribution >= 0.6 is 0 Å². The molecular formula is C55H92O15. The van der Waals surface area contributed by atoms with Gasteiger partial charge < -0.3 is 64.2 Å². The molecule has 2 heterocycles. The van der Waals surface area contributed by atoms with E-state index in [2.05, 4.69) is 74.6 Å². The molecule has 70 heavy (non-hydrogen) atoms. The second-order valence-electron chi connectivity index (χ2n) is 18.3. The van der Waals surface area contributed by atoms with Gasteiger partial charge in [0.15, 0.2) is 18.7 Å². The predicted molar refractivity (Wildman–Crippen MR) is 270 cm³/mol. The Morgan fingerprint density at radius 3 is 1.43 bits per heavy atom. The highest BCUT2D eigenvalue weighted by molar-refractivity contribution is 5.70. The van der Waals surface area contributed by atoms with Crippen LogP contribution in [0.1, 0.15) is 168 Å². The average Bonchev–Trinajstić information content (AvgIpc) is 3.35. The molecule has 15 nitrogen and oxygen atoms in total. The summed E-state index contributed by atoms with van der Waals surface area (Å²) in [6, 6.07) is 0. The van der Waals surface area contributed by atoms with Crippen LogP contribution in [0.2, 0.25) is 0 Å². The number of allylic oxidation sites excluding steroid dienone is 12. The number of rotatable bonds is 40. The number of ether oxygens (including phenoxy) is 6. The van der Waals surface area contributed by atoms with Crippen molar-refractivity contribution < 1.29 is 73.8 Å². The van der Waals surface area contributed by atoms with Crippen LogP contribution in [0.4, 0.5) is 0 Å². The molecule has 0 amide bonds. The largest absolute Gasteiger partial charge is 0.462 e. The number of aliphatic hydroxyl groups is 7. The summed E-state index contributed by atoms with van der Waals surface area (Å²) < 4.78 is 33.5. The molecule has 2 saturated heterocycles. The van der Waals surface area contributed by atoms with Crippen LogP contribution in [0.15, 0.2) is 72.9 Å². The van der Waals surface area contributed by atoms with Crippen molar-refractivity contribution in [3.63, 3.8) is 0 Å². The average molecular weight is 993 g/mol. The maximum absolute atomic E-state index is 13.0. The smallest absolute Gasteiger partial charge is 0.306 e. The van der Waals surface area contributed by atoms with Crippen LogP contribution in [0.25, 0.3) is 0 Å². The van der Waals surface area contributed by atoms with Crippen molar-refractivity contribution in [1.29, 1.82) is 0 Å². The fraction of sp³-hybridized carbons (Fsp3) is 0.745. The molecule has 11 atom stereocenters. The fourth-order valence-electron chi connectivity index (χ4n) is 7.78. The van der Waals surface area contributed by atoms with Crippen molar-refractivity contribution in [3.05, 3.63) is 72.9 Å². The summed E-state index contributed by atoms with van der Waals surface area (Å²) >= 11 is 0. The highest BCUT2D eigenvalue weighted by Crippen LogP contribution is 2.26. The van der Waals surface area contributed by atoms with Crippen molar-refractivity contribution in [1.82, 2.24) is 0 Å². The Hall–Kier alpha value is -3.06. The first-order chi connectivity index (χ1) is 34.0. The van der Waals surface area contributed by atoms with E-state index in [9.17, 15) is 45.3 Å². The molecule has 0 aromatic carbocycles. The van der Waals surface area contributed by atoms with E-state index >= 15 is 0 Å². The molecule has 7 N–H and O–H groups in total. The highest BCUT2D eigenvalue weighted by Gasteiger charge is 2.47. The summed E-state index contributed by atoms with van der Waals surface area (Å²) in [5, 5.41) is 72.1. The Morgan fingerprint density at radius 1 is 0.457 bits per heavy atom. The molecule has 5 unspecified atom stereocenters. The Labute approximate surface area is 419 Å². The standard InChI is InChI=1S/C55H92O15/c1-3-5-7-9-11-13-15-17-18-19-20-21-22-23-24-26-27-29-31-33-35-37-46(57)65-40-43(68-47(58)38-36-34-32-30-28-25-16-14-12-10-8-6-4-2)41-66-54-53(64)51(62)49(60)45(70-54)42-67-55-52(63)50(61)48(59)44(39-56)69-55/h11,13,17-18,20-21,23-25,28,32,34,43-45,48-56,59-64H,3-10,12,14-16,19,22,26-27,29-31,33,35-42H2,1-2H3/b13-11+,18-17+,21-20+,24-23+,28-25+,34-32+/t43?,44-,45-,48+,49+,50?,51?,52?,53?,54-,55-/m1/s1.